The van der Waals surface area contributed by atoms with Gasteiger partial charge in [-0.1, -0.05) is 24.3 Å². The van der Waals surface area contributed by atoms with Gasteiger partial charge in [-0.15, -0.1) is 0 Å². The van der Waals surface area contributed by atoms with Crippen molar-refractivity contribution in [1.29, 1.82) is 0 Å². The maximum absolute atomic E-state index is 10.8. The predicted octanol–water partition coefficient (Wildman–Crippen LogP) is 3.66. The van der Waals surface area contributed by atoms with Gasteiger partial charge in [0.2, 0.25) is 0 Å². The lowest BCUT2D eigenvalue weighted by molar-refractivity contribution is 0.458. The number of hydrogen-bond acceptors (Lipinski definition) is 6. The maximum Gasteiger partial charge on any atom is 0.125 e. The molecule has 0 bridgehead atoms. The lowest BCUT2D eigenvalue weighted by atomic mass is 9.81. The number of phenols is 2. The van der Waals surface area contributed by atoms with E-state index in [4.69, 9.17) is 9.98 Å². The lowest BCUT2D eigenvalue weighted by Gasteiger charge is -2.25. The van der Waals surface area contributed by atoms with Crippen molar-refractivity contribution >= 4 is 11.4 Å². The van der Waals surface area contributed by atoms with Crippen molar-refractivity contribution in [3.63, 3.8) is 0 Å². The van der Waals surface area contributed by atoms with E-state index in [1.54, 1.807) is 25.0 Å². The van der Waals surface area contributed by atoms with Crippen LogP contribution < -0.4 is 0 Å². The number of aromatic hydroxyl groups is 2. The smallest absolute Gasteiger partial charge is 0.125 e. The first kappa shape index (κ1) is 21.6. The highest BCUT2D eigenvalue weighted by atomic mass is 16.3. The molecule has 4 aromatic rings. The van der Waals surface area contributed by atoms with Crippen molar-refractivity contribution in [2.24, 2.45) is 9.98 Å². The average molecular weight is 455 g/mol. The van der Waals surface area contributed by atoms with Gasteiger partial charge in [-0.25, -0.2) is 9.97 Å². The molecule has 0 spiro atoms. The Balaban J connectivity index is 1.48. The molecule has 2 aromatic carbocycles. The van der Waals surface area contributed by atoms with E-state index in [0.29, 0.717) is 35.6 Å². The first-order chi connectivity index (χ1) is 16.7. The number of hydrogen-bond donors (Lipinski definition) is 2. The van der Waals surface area contributed by atoms with E-state index >= 15 is 0 Å². The fourth-order valence-electron chi connectivity index (χ4n) is 4.28. The first-order valence-corrected chi connectivity index (χ1v) is 11.4. The summed E-state index contributed by atoms with van der Waals surface area (Å²) in [6.07, 6.45) is 12.6. The van der Waals surface area contributed by atoms with Crippen molar-refractivity contribution in [1.82, 2.24) is 19.1 Å². The van der Waals surface area contributed by atoms with Crippen molar-refractivity contribution in [3.8, 4) is 11.5 Å². The monoisotopic (exact) mass is 454 g/mol. The quantitative estimate of drug-likeness (QED) is 0.276. The third-order valence-electron chi connectivity index (χ3n) is 5.88. The lowest BCUT2D eigenvalue weighted by Crippen LogP contribution is -2.23. The molecule has 172 valence electrons. The van der Waals surface area contributed by atoms with Gasteiger partial charge in [0.1, 0.15) is 11.5 Å². The van der Waals surface area contributed by atoms with Gasteiger partial charge < -0.3 is 19.3 Å². The Morgan fingerprint density at radius 2 is 1.15 bits per heavy atom. The topological polar surface area (TPSA) is 101 Å². The molecule has 0 saturated carbocycles. The second-order valence-corrected chi connectivity index (χ2v) is 8.17. The summed E-state index contributed by atoms with van der Waals surface area (Å²) in [6.45, 7) is 2.77. The van der Waals surface area contributed by atoms with Crippen LogP contribution in [0.5, 0.6) is 11.5 Å². The van der Waals surface area contributed by atoms with Crippen molar-refractivity contribution in [2.45, 2.75) is 25.9 Å². The van der Waals surface area contributed by atoms with Gasteiger partial charge in [0.25, 0.3) is 0 Å². The minimum atomic E-state index is 0.0850. The minimum Gasteiger partial charge on any atom is -0.507 e. The second kappa shape index (κ2) is 9.74. The van der Waals surface area contributed by atoms with Crippen LogP contribution >= 0.6 is 0 Å². The SMILES string of the molecule is Oc1ccc(O)c2c1/C(=N\CCCn1ccnc1)c1ccccc1/C2=N/CCCn1ccnc1. The molecule has 0 atom stereocenters. The summed E-state index contributed by atoms with van der Waals surface area (Å²) in [7, 11) is 0. The number of nitrogens with zero attached hydrogens (tertiary/aromatic N) is 6. The van der Waals surface area contributed by atoms with Crippen LogP contribution in [-0.4, -0.2) is 53.8 Å². The fraction of sp³-hybridized carbons (Fsp3) is 0.231. The Hall–Kier alpha value is -4.20. The molecule has 5 rings (SSSR count). The number of imidazole rings is 2. The zero-order chi connectivity index (χ0) is 23.3. The van der Waals surface area contributed by atoms with E-state index in [9.17, 15) is 10.2 Å². The maximum atomic E-state index is 10.8. The molecule has 8 heteroatoms. The van der Waals surface area contributed by atoms with Crippen LogP contribution in [0, 0.1) is 0 Å². The van der Waals surface area contributed by atoms with Crippen LogP contribution in [0.1, 0.15) is 35.1 Å². The van der Waals surface area contributed by atoms with E-state index < -0.39 is 0 Å². The summed E-state index contributed by atoms with van der Waals surface area (Å²) in [5.41, 5.74) is 4.26. The normalized spacial score (nSPS) is 14.9. The Kier molecular flexibility index (Phi) is 6.20. The number of aryl methyl sites for hydroxylation is 2. The molecule has 0 amide bonds. The van der Waals surface area contributed by atoms with Crippen molar-refractivity contribution < 1.29 is 10.2 Å². The molecule has 0 saturated heterocycles. The third kappa shape index (κ3) is 4.34. The first-order valence-electron chi connectivity index (χ1n) is 11.4. The van der Waals surface area contributed by atoms with Crippen LogP contribution in [0.15, 0.2) is 83.8 Å². The Morgan fingerprint density at radius 3 is 1.56 bits per heavy atom. The van der Waals surface area contributed by atoms with Crippen molar-refractivity contribution in [3.05, 3.63) is 96.1 Å². The molecule has 0 radical (unpaired) electrons. The van der Waals surface area contributed by atoms with Crippen LogP contribution in [0.25, 0.3) is 0 Å². The summed E-state index contributed by atoms with van der Waals surface area (Å²) in [4.78, 5) is 17.9. The van der Waals surface area contributed by atoms with Gasteiger partial charge in [0.05, 0.1) is 35.2 Å². The van der Waals surface area contributed by atoms with E-state index in [0.717, 1.165) is 37.1 Å². The Labute approximate surface area is 197 Å². The predicted molar refractivity (Wildman–Crippen MR) is 131 cm³/mol. The van der Waals surface area contributed by atoms with Gasteiger partial charge in [-0.2, -0.15) is 0 Å². The Morgan fingerprint density at radius 1 is 0.676 bits per heavy atom. The van der Waals surface area contributed by atoms with E-state index in [1.165, 1.54) is 12.1 Å². The molecule has 1 aliphatic rings. The van der Waals surface area contributed by atoms with Crippen molar-refractivity contribution in [2.75, 3.05) is 13.1 Å². The number of benzene rings is 2. The van der Waals surface area contributed by atoms with Crippen LogP contribution in [-0.2, 0) is 13.1 Å². The fourth-order valence-corrected chi connectivity index (χ4v) is 4.28. The van der Waals surface area contributed by atoms with Crippen LogP contribution in [0.2, 0.25) is 0 Å². The molecule has 0 fully saturated rings. The number of fused-ring (bicyclic) bond motifs is 2. The summed E-state index contributed by atoms with van der Waals surface area (Å²) in [6, 6.07) is 10.9. The van der Waals surface area contributed by atoms with Gasteiger partial charge in [0, 0.05) is 62.1 Å². The van der Waals surface area contributed by atoms with Gasteiger partial charge in [0.15, 0.2) is 0 Å². The summed E-state index contributed by atoms with van der Waals surface area (Å²) in [5.74, 6) is 0.170. The van der Waals surface area contributed by atoms with Gasteiger partial charge in [-0.05, 0) is 25.0 Å². The van der Waals surface area contributed by atoms with Gasteiger partial charge in [-0.3, -0.25) is 9.98 Å². The highest BCUT2D eigenvalue weighted by molar-refractivity contribution is 6.33. The molecule has 0 unspecified atom stereocenters. The van der Waals surface area contributed by atoms with E-state index in [2.05, 4.69) is 9.97 Å². The zero-order valence-corrected chi connectivity index (χ0v) is 18.7. The van der Waals surface area contributed by atoms with Gasteiger partial charge >= 0.3 is 0 Å². The molecular formula is C26H26N6O2. The molecule has 2 N–H and O–H groups in total. The number of aromatic nitrogens is 4. The number of aliphatic imine (C=N–C) groups is 2. The van der Waals surface area contributed by atoms with E-state index in [-0.39, 0.29) is 11.5 Å². The summed E-state index contributed by atoms with van der Waals surface area (Å²) >= 11 is 0. The number of phenolic OH excluding ortho intramolecular Hbond substituents is 2. The molecular weight excluding hydrogens is 428 g/mol. The van der Waals surface area contributed by atoms with Crippen LogP contribution in [0.4, 0.5) is 0 Å². The highest BCUT2D eigenvalue weighted by Crippen LogP contribution is 2.38. The highest BCUT2D eigenvalue weighted by Gasteiger charge is 2.31. The largest absolute Gasteiger partial charge is 0.507 e. The van der Waals surface area contributed by atoms with E-state index in [1.807, 2.05) is 45.8 Å². The average Bonchev–Trinajstić information content (AvgIpc) is 3.57. The molecule has 2 aromatic heterocycles. The molecule has 1 aliphatic carbocycles. The zero-order valence-electron chi connectivity index (χ0n) is 18.7. The Bertz CT molecular complexity index is 1220. The third-order valence-corrected chi connectivity index (χ3v) is 5.88. The standard InChI is InChI=1S/C26H26N6O2/c33-21-7-8-22(34)24-23(21)25(29-9-3-13-31-15-11-27-17-31)19-5-1-2-6-20(19)26(24)30-10-4-14-32-16-12-28-18-32/h1-2,5-8,11-12,15-18,33-34H,3-4,9-10,13-14H2/b29-25-,30-26-. The molecule has 34 heavy (non-hydrogen) atoms. The molecule has 2 heterocycles. The molecule has 8 nitrogen and oxygen atoms in total. The second-order valence-electron chi connectivity index (χ2n) is 8.17. The molecule has 0 aliphatic heterocycles. The van der Waals surface area contributed by atoms with Crippen LogP contribution in [0.3, 0.4) is 0 Å². The minimum absolute atomic E-state index is 0.0850. The summed E-state index contributed by atoms with van der Waals surface area (Å²) in [5, 5.41) is 21.7. The number of rotatable bonds is 8. The summed E-state index contributed by atoms with van der Waals surface area (Å²) < 4.78 is 4.03.